The number of ether oxygens (including phenoxy) is 1. The number of methoxy groups -OCH3 is 1. The highest BCUT2D eigenvalue weighted by atomic mass is 16.5. The Bertz CT molecular complexity index is 602. The number of carbonyl (C=O) groups excluding carboxylic acids is 1. The second kappa shape index (κ2) is 6.91. The lowest BCUT2D eigenvalue weighted by Crippen LogP contribution is -2.47. The zero-order chi connectivity index (χ0) is 17.3. The highest BCUT2D eigenvalue weighted by molar-refractivity contribution is 5.81. The van der Waals surface area contributed by atoms with Crippen LogP contribution in [0.3, 0.4) is 0 Å². The van der Waals surface area contributed by atoms with E-state index >= 15 is 0 Å². The third kappa shape index (κ3) is 3.17. The zero-order valence-corrected chi connectivity index (χ0v) is 15.2. The van der Waals surface area contributed by atoms with Gasteiger partial charge in [0.1, 0.15) is 11.9 Å². The molecule has 2 unspecified atom stereocenters. The van der Waals surface area contributed by atoms with E-state index in [4.69, 9.17) is 4.74 Å². The maximum Gasteiger partial charge on any atom is 0.224 e. The van der Waals surface area contributed by atoms with Crippen molar-refractivity contribution in [2.45, 2.75) is 46.2 Å². The van der Waals surface area contributed by atoms with Gasteiger partial charge in [0.05, 0.1) is 25.2 Å². The molecule has 0 aromatic heterocycles. The van der Waals surface area contributed by atoms with Crippen molar-refractivity contribution in [1.82, 2.24) is 4.90 Å². The van der Waals surface area contributed by atoms with Crippen LogP contribution in [0, 0.1) is 11.8 Å². The molecular weight excluding hydrogens is 302 g/mol. The molecule has 1 N–H and O–H groups in total. The van der Waals surface area contributed by atoms with Gasteiger partial charge in [-0.1, -0.05) is 27.2 Å². The summed E-state index contributed by atoms with van der Waals surface area (Å²) in [5.41, 5.74) is 2.24. The van der Waals surface area contributed by atoms with Crippen LogP contribution in [0.4, 0.5) is 11.4 Å². The van der Waals surface area contributed by atoms with E-state index in [1.165, 1.54) is 0 Å². The first-order valence-electron chi connectivity index (χ1n) is 9.02. The minimum Gasteiger partial charge on any atom is -0.497 e. The normalized spacial score (nSPS) is 23.0. The SMILES string of the molecule is CCCC1CC(=O)N(CN2c3cc(OC)ccc3NC2C(C)C)C1. The maximum absolute atomic E-state index is 12.4. The van der Waals surface area contributed by atoms with Gasteiger partial charge in [0.15, 0.2) is 0 Å². The summed E-state index contributed by atoms with van der Waals surface area (Å²) in [6, 6.07) is 6.11. The number of amides is 1. The first-order valence-corrected chi connectivity index (χ1v) is 9.02. The standard InChI is InChI=1S/C19H29N3O2/c1-5-6-14-9-18(23)21(11-14)12-22-17-10-15(24-4)7-8-16(17)20-19(22)13(2)3/h7-8,10,13-14,19-20H,5-6,9,11-12H2,1-4H3. The van der Waals surface area contributed by atoms with Gasteiger partial charge >= 0.3 is 0 Å². The molecule has 2 heterocycles. The van der Waals surface area contributed by atoms with E-state index in [1.54, 1.807) is 7.11 Å². The predicted molar refractivity (Wildman–Crippen MR) is 97.3 cm³/mol. The molecule has 1 fully saturated rings. The van der Waals surface area contributed by atoms with Gasteiger partial charge in [-0.05, 0) is 30.4 Å². The molecule has 0 saturated carbocycles. The van der Waals surface area contributed by atoms with Crippen LogP contribution in [0.25, 0.3) is 0 Å². The molecule has 0 radical (unpaired) electrons. The van der Waals surface area contributed by atoms with E-state index in [0.717, 1.165) is 36.5 Å². The number of anilines is 2. The third-order valence-corrected chi connectivity index (χ3v) is 5.10. The summed E-state index contributed by atoms with van der Waals surface area (Å²) in [6.45, 7) is 8.14. The van der Waals surface area contributed by atoms with E-state index in [1.807, 2.05) is 11.0 Å². The monoisotopic (exact) mass is 331 g/mol. The summed E-state index contributed by atoms with van der Waals surface area (Å²) in [5, 5.41) is 3.59. The Morgan fingerprint density at radius 1 is 1.38 bits per heavy atom. The summed E-state index contributed by atoms with van der Waals surface area (Å²) in [7, 11) is 1.69. The first kappa shape index (κ1) is 16.9. The van der Waals surface area contributed by atoms with Crippen molar-refractivity contribution in [3.8, 4) is 5.75 Å². The number of nitrogens with one attached hydrogen (secondary N) is 1. The van der Waals surface area contributed by atoms with Gasteiger partial charge < -0.3 is 19.9 Å². The van der Waals surface area contributed by atoms with Crippen LogP contribution in [0.2, 0.25) is 0 Å². The van der Waals surface area contributed by atoms with Gasteiger partial charge in [0, 0.05) is 19.0 Å². The molecule has 24 heavy (non-hydrogen) atoms. The molecular formula is C19H29N3O2. The van der Waals surface area contributed by atoms with Crippen molar-refractivity contribution < 1.29 is 9.53 Å². The number of benzene rings is 1. The molecule has 1 amide bonds. The lowest BCUT2D eigenvalue weighted by atomic mass is 10.0. The van der Waals surface area contributed by atoms with E-state index in [9.17, 15) is 4.79 Å². The topological polar surface area (TPSA) is 44.8 Å². The lowest BCUT2D eigenvalue weighted by molar-refractivity contribution is -0.127. The molecule has 0 bridgehead atoms. The summed E-state index contributed by atoms with van der Waals surface area (Å²) < 4.78 is 5.39. The predicted octanol–water partition coefficient (Wildman–Crippen LogP) is 3.52. The third-order valence-electron chi connectivity index (χ3n) is 5.10. The fourth-order valence-corrected chi connectivity index (χ4v) is 3.85. The van der Waals surface area contributed by atoms with E-state index in [-0.39, 0.29) is 12.1 Å². The van der Waals surface area contributed by atoms with Gasteiger partial charge in [-0.15, -0.1) is 0 Å². The minimum atomic E-state index is 0.199. The van der Waals surface area contributed by atoms with Crippen molar-refractivity contribution in [2.24, 2.45) is 11.8 Å². The molecule has 0 aliphatic carbocycles. The summed E-state index contributed by atoms with van der Waals surface area (Å²) in [5.74, 6) is 2.08. The highest BCUT2D eigenvalue weighted by Crippen LogP contribution is 2.39. The molecule has 2 aliphatic heterocycles. The van der Waals surface area contributed by atoms with Crippen molar-refractivity contribution in [3.05, 3.63) is 18.2 Å². The molecule has 2 aliphatic rings. The smallest absolute Gasteiger partial charge is 0.224 e. The van der Waals surface area contributed by atoms with Crippen molar-refractivity contribution >= 4 is 17.3 Å². The van der Waals surface area contributed by atoms with Crippen LogP contribution >= 0.6 is 0 Å². The molecule has 1 aromatic rings. The Morgan fingerprint density at radius 2 is 2.17 bits per heavy atom. The Labute approximate surface area is 145 Å². The van der Waals surface area contributed by atoms with Gasteiger partial charge in [-0.3, -0.25) is 4.79 Å². The second-order valence-corrected chi connectivity index (χ2v) is 7.30. The lowest BCUT2D eigenvalue weighted by Gasteiger charge is -2.33. The Kier molecular flexibility index (Phi) is 4.88. The molecule has 5 nitrogen and oxygen atoms in total. The molecule has 1 saturated heterocycles. The summed E-state index contributed by atoms with van der Waals surface area (Å²) >= 11 is 0. The number of nitrogens with zero attached hydrogens (tertiary/aromatic N) is 2. The van der Waals surface area contributed by atoms with Crippen LogP contribution in [0.15, 0.2) is 18.2 Å². The number of rotatable bonds is 6. The molecule has 132 valence electrons. The van der Waals surface area contributed by atoms with Gasteiger partial charge in [-0.2, -0.15) is 0 Å². The number of hydrogen-bond acceptors (Lipinski definition) is 4. The van der Waals surface area contributed by atoms with E-state index in [0.29, 0.717) is 24.9 Å². The van der Waals surface area contributed by atoms with Crippen LogP contribution in [0.5, 0.6) is 5.75 Å². The average molecular weight is 331 g/mol. The number of hydrogen-bond donors (Lipinski definition) is 1. The summed E-state index contributed by atoms with van der Waals surface area (Å²) in [4.78, 5) is 16.7. The first-order chi connectivity index (χ1) is 11.5. The molecule has 0 spiro atoms. The van der Waals surface area contributed by atoms with E-state index < -0.39 is 0 Å². The van der Waals surface area contributed by atoms with Crippen LogP contribution in [0.1, 0.15) is 40.0 Å². The van der Waals surface area contributed by atoms with Gasteiger partial charge in [-0.25, -0.2) is 0 Å². The van der Waals surface area contributed by atoms with Gasteiger partial charge in [0.25, 0.3) is 0 Å². The van der Waals surface area contributed by atoms with Crippen LogP contribution < -0.4 is 15.0 Å². The second-order valence-electron chi connectivity index (χ2n) is 7.30. The average Bonchev–Trinajstić information content (AvgIpc) is 3.09. The maximum atomic E-state index is 12.4. The Balaban J connectivity index is 1.81. The van der Waals surface area contributed by atoms with Crippen LogP contribution in [-0.4, -0.2) is 37.3 Å². The molecule has 2 atom stereocenters. The number of fused-ring (bicyclic) bond motifs is 1. The van der Waals surface area contributed by atoms with E-state index in [2.05, 4.69) is 43.1 Å². The van der Waals surface area contributed by atoms with Crippen molar-refractivity contribution in [1.29, 1.82) is 0 Å². The Morgan fingerprint density at radius 3 is 2.83 bits per heavy atom. The molecule has 5 heteroatoms. The summed E-state index contributed by atoms with van der Waals surface area (Å²) in [6.07, 6.45) is 3.18. The largest absolute Gasteiger partial charge is 0.497 e. The van der Waals surface area contributed by atoms with Crippen LogP contribution in [-0.2, 0) is 4.79 Å². The molecule has 3 rings (SSSR count). The molecule has 1 aromatic carbocycles. The highest BCUT2D eigenvalue weighted by Gasteiger charge is 2.36. The zero-order valence-electron chi connectivity index (χ0n) is 15.2. The number of carbonyl (C=O) groups is 1. The fraction of sp³-hybridized carbons (Fsp3) is 0.632. The van der Waals surface area contributed by atoms with Gasteiger partial charge in [0.2, 0.25) is 5.91 Å². The van der Waals surface area contributed by atoms with Crippen molar-refractivity contribution in [3.63, 3.8) is 0 Å². The fourth-order valence-electron chi connectivity index (χ4n) is 3.85. The quantitative estimate of drug-likeness (QED) is 0.866. The van der Waals surface area contributed by atoms with Crippen molar-refractivity contribution in [2.75, 3.05) is 30.5 Å². The Hall–Kier alpha value is -1.91. The minimum absolute atomic E-state index is 0.199. The number of likely N-dealkylation sites (tertiary alicyclic amines) is 1.